The monoisotopic (exact) mass is 385 g/mol. The van der Waals surface area contributed by atoms with E-state index in [1.165, 1.54) is 0 Å². The van der Waals surface area contributed by atoms with Gasteiger partial charge in [-0.2, -0.15) is 11.8 Å². The largest absolute Gasteiger partial charge is 0.355 e. The molecule has 0 unspecified atom stereocenters. The van der Waals surface area contributed by atoms with Gasteiger partial charge >= 0.3 is 0 Å². The van der Waals surface area contributed by atoms with Gasteiger partial charge in [0.2, 0.25) is 5.91 Å². The van der Waals surface area contributed by atoms with Crippen LogP contribution in [-0.4, -0.2) is 42.8 Å². The van der Waals surface area contributed by atoms with Gasteiger partial charge in [0.05, 0.1) is 0 Å². The van der Waals surface area contributed by atoms with Crippen LogP contribution in [0.2, 0.25) is 0 Å². The fourth-order valence-corrected chi connectivity index (χ4v) is 2.89. The highest BCUT2D eigenvalue weighted by Crippen LogP contribution is 2.12. The summed E-state index contributed by atoms with van der Waals surface area (Å²) in [4.78, 5) is 36.6. The van der Waals surface area contributed by atoms with Crippen LogP contribution in [0.4, 0.5) is 5.69 Å². The van der Waals surface area contributed by atoms with Crippen LogP contribution in [0.25, 0.3) is 0 Å². The van der Waals surface area contributed by atoms with Crippen LogP contribution in [0, 0.1) is 0 Å². The Labute approximate surface area is 163 Å². The van der Waals surface area contributed by atoms with E-state index in [0.29, 0.717) is 23.2 Å². The van der Waals surface area contributed by atoms with Crippen LogP contribution in [0.1, 0.15) is 27.1 Å². The molecule has 0 aliphatic heterocycles. The molecule has 27 heavy (non-hydrogen) atoms. The zero-order valence-electron chi connectivity index (χ0n) is 15.3. The van der Waals surface area contributed by atoms with Crippen LogP contribution in [0.3, 0.4) is 0 Å². The molecule has 142 valence electrons. The molecule has 6 nitrogen and oxygen atoms in total. The summed E-state index contributed by atoms with van der Waals surface area (Å²) in [5, 5.41) is 8.14. The van der Waals surface area contributed by atoms with Crippen molar-refractivity contribution in [1.82, 2.24) is 10.6 Å². The van der Waals surface area contributed by atoms with Crippen LogP contribution >= 0.6 is 11.8 Å². The van der Waals surface area contributed by atoms with E-state index in [1.807, 2.05) is 12.3 Å². The Morgan fingerprint density at radius 2 is 1.56 bits per heavy atom. The standard InChI is InChI=1S/C20H23N3O3S/c1-21-18(24)15-8-10-16(11-9-15)22-20(26)17(12-13-27-2)23-19(25)14-6-4-3-5-7-14/h3-11,17H,12-13H2,1-2H3,(H,21,24)(H,22,26)(H,23,25)/t17-/m1/s1. The second-order valence-electron chi connectivity index (χ2n) is 5.82. The third kappa shape index (κ3) is 6.14. The highest BCUT2D eigenvalue weighted by Gasteiger charge is 2.21. The number of hydrogen-bond donors (Lipinski definition) is 3. The molecule has 2 aromatic carbocycles. The molecule has 3 amide bonds. The predicted molar refractivity (Wildman–Crippen MR) is 109 cm³/mol. The molecule has 7 heteroatoms. The van der Waals surface area contributed by atoms with Gasteiger partial charge in [-0.25, -0.2) is 0 Å². The van der Waals surface area contributed by atoms with Gasteiger partial charge in [-0.3, -0.25) is 14.4 Å². The van der Waals surface area contributed by atoms with Gasteiger partial charge in [-0.05, 0) is 54.8 Å². The molecule has 0 heterocycles. The minimum absolute atomic E-state index is 0.194. The molecule has 0 spiro atoms. The fraction of sp³-hybridized carbons (Fsp3) is 0.250. The van der Waals surface area contributed by atoms with E-state index in [4.69, 9.17) is 0 Å². The van der Waals surface area contributed by atoms with Crippen molar-refractivity contribution in [1.29, 1.82) is 0 Å². The van der Waals surface area contributed by atoms with Crippen LogP contribution in [-0.2, 0) is 4.79 Å². The van der Waals surface area contributed by atoms with Gasteiger partial charge in [-0.1, -0.05) is 18.2 Å². The Hall–Kier alpha value is -2.80. The fourth-order valence-electron chi connectivity index (χ4n) is 2.41. The first-order valence-electron chi connectivity index (χ1n) is 8.53. The van der Waals surface area contributed by atoms with E-state index in [2.05, 4.69) is 16.0 Å². The molecule has 0 bridgehead atoms. The zero-order chi connectivity index (χ0) is 19.6. The number of nitrogens with one attached hydrogen (secondary N) is 3. The summed E-state index contributed by atoms with van der Waals surface area (Å²) >= 11 is 1.61. The number of hydrogen-bond acceptors (Lipinski definition) is 4. The van der Waals surface area contributed by atoms with Gasteiger partial charge in [-0.15, -0.1) is 0 Å². The molecule has 0 aliphatic carbocycles. The van der Waals surface area contributed by atoms with Crippen molar-refractivity contribution in [2.45, 2.75) is 12.5 Å². The summed E-state index contributed by atoms with van der Waals surface area (Å²) < 4.78 is 0. The van der Waals surface area contributed by atoms with Crippen molar-refractivity contribution < 1.29 is 14.4 Å². The number of carbonyl (C=O) groups excluding carboxylic acids is 3. The van der Waals surface area contributed by atoms with Crippen molar-refractivity contribution in [2.24, 2.45) is 0 Å². The third-order valence-electron chi connectivity index (χ3n) is 3.91. The summed E-state index contributed by atoms with van der Waals surface area (Å²) in [6.07, 6.45) is 2.47. The number of rotatable bonds is 8. The molecule has 2 aromatic rings. The van der Waals surface area contributed by atoms with Crippen molar-refractivity contribution in [3.63, 3.8) is 0 Å². The van der Waals surface area contributed by atoms with E-state index in [9.17, 15) is 14.4 Å². The molecule has 0 radical (unpaired) electrons. The minimum atomic E-state index is -0.649. The Balaban J connectivity index is 2.05. The normalized spacial score (nSPS) is 11.3. The maximum Gasteiger partial charge on any atom is 0.251 e. The Bertz CT molecular complexity index is 779. The molecular formula is C20H23N3O3S. The lowest BCUT2D eigenvalue weighted by molar-refractivity contribution is -0.118. The van der Waals surface area contributed by atoms with Gasteiger partial charge in [0.25, 0.3) is 11.8 Å². The first-order chi connectivity index (χ1) is 13.0. The minimum Gasteiger partial charge on any atom is -0.355 e. The summed E-state index contributed by atoms with van der Waals surface area (Å²) in [5.41, 5.74) is 1.58. The van der Waals surface area contributed by atoms with Crippen molar-refractivity contribution in [2.75, 3.05) is 24.4 Å². The molecular weight excluding hydrogens is 362 g/mol. The lowest BCUT2D eigenvalue weighted by Crippen LogP contribution is -2.44. The second kappa shape index (κ2) is 10.4. The lowest BCUT2D eigenvalue weighted by Gasteiger charge is -2.18. The topological polar surface area (TPSA) is 87.3 Å². The molecule has 0 aliphatic rings. The van der Waals surface area contributed by atoms with Crippen molar-refractivity contribution >= 4 is 35.2 Å². The Morgan fingerprint density at radius 3 is 2.15 bits per heavy atom. The lowest BCUT2D eigenvalue weighted by atomic mass is 10.1. The highest BCUT2D eigenvalue weighted by molar-refractivity contribution is 7.98. The average molecular weight is 385 g/mol. The van der Waals surface area contributed by atoms with Crippen molar-refractivity contribution in [3.8, 4) is 0 Å². The van der Waals surface area contributed by atoms with Crippen molar-refractivity contribution in [3.05, 3.63) is 65.7 Å². The maximum absolute atomic E-state index is 12.6. The average Bonchev–Trinajstić information content (AvgIpc) is 2.71. The molecule has 2 rings (SSSR count). The quantitative estimate of drug-likeness (QED) is 0.652. The summed E-state index contributed by atoms with van der Waals surface area (Å²) in [5.74, 6) is -0.0309. The Kier molecular flexibility index (Phi) is 7.88. The number of carbonyl (C=O) groups is 3. The number of benzene rings is 2. The molecule has 0 aromatic heterocycles. The second-order valence-corrected chi connectivity index (χ2v) is 6.80. The smallest absolute Gasteiger partial charge is 0.251 e. The van der Waals surface area contributed by atoms with Gasteiger partial charge in [0, 0.05) is 23.9 Å². The van der Waals surface area contributed by atoms with Gasteiger partial charge in [0.15, 0.2) is 0 Å². The molecule has 0 saturated carbocycles. The first kappa shape index (κ1) is 20.5. The summed E-state index contributed by atoms with van der Waals surface area (Å²) in [6.45, 7) is 0. The summed E-state index contributed by atoms with van der Waals surface area (Å²) in [6, 6.07) is 14.7. The SMILES string of the molecule is CNC(=O)c1ccc(NC(=O)[C@@H](CCSC)NC(=O)c2ccccc2)cc1. The van der Waals surface area contributed by atoms with E-state index in [1.54, 1.807) is 67.3 Å². The third-order valence-corrected chi connectivity index (χ3v) is 4.55. The Morgan fingerprint density at radius 1 is 0.926 bits per heavy atom. The summed E-state index contributed by atoms with van der Waals surface area (Å²) in [7, 11) is 1.56. The van der Waals surface area contributed by atoms with E-state index in [0.717, 1.165) is 5.75 Å². The van der Waals surface area contributed by atoms with Gasteiger partial charge in [0.1, 0.15) is 6.04 Å². The number of thioether (sulfide) groups is 1. The number of amides is 3. The van der Waals surface area contributed by atoms with Crippen LogP contribution in [0.15, 0.2) is 54.6 Å². The van der Waals surface area contributed by atoms with Crippen LogP contribution < -0.4 is 16.0 Å². The molecule has 0 fully saturated rings. The highest BCUT2D eigenvalue weighted by atomic mass is 32.2. The van der Waals surface area contributed by atoms with Crippen LogP contribution in [0.5, 0.6) is 0 Å². The molecule has 1 atom stereocenters. The molecule has 0 saturated heterocycles. The predicted octanol–water partition coefficient (Wildman–Crippen LogP) is 2.54. The number of anilines is 1. The van der Waals surface area contributed by atoms with E-state index < -0.39 is 6.04 Å². The maximum atomic E-state index is 12.6. The van der Waals surface area contributed by atoms with E-state index >= 15 is 0 Å². The van der Waals surface area contributed by atoms with E-state index in [-0.39, 0.29) is 17.7 Å². The zero-order valence-corrected chi connectivity index (χ0v) is 16.1. The first-order valence-corrected chi connectivity index (χ1v) is 9.92. The van der Waals surface area contributed by atoms with Gasteiger partial charge < -0.3 is 16.0 Å². The molecule has 3 N–H and O–H groups in total.